The molecule has 17 heavy (non-hydrogen) atoms. The van der Waals surface area contributed by atoms with Crippen molar-refractivity contribution >= 4 is 28.7 Å². The molecule has 2 aromatic carbocycles. The molecule has 0 aliphatic carbocycles. The van der Waals surface area contributed by atoms with Crippen molar-refractivity contribution in [2.45, 2.75) is 19.3 Å². The largest absolute Gasteiger partial charge is 0.508 e. The topological polar surface area (TPSA) is 37.3 Å². The first kappa shape index (κ1) is 11.9. The maximum Gasteiger partial charge on any atom is 0.120 e. The van der Waals surface area contributed by atoms with Gasteiger partial charge in [0.05, 0.1) is 0 Å². The molecular weight excluding hydrogens is 236 g/mol. The number of fused-ring (bicyclic) bond motifs is 1. The minimum Gasteiger partial charge on any atom is -0.508 e. The number of carbonyl (C=O) groups excluding carboxylic acids is 1. The average Bonchev–Trinajstić information content (AvgIpc) is 2.29. The number of carbonyl (C=O) groups is 1. The molecule has 0 aliphatic heterocycles. The Morgan fingerprint density at radius 2 is 2.06 bits per heavy atom. The summed E-state index contributed by atoms with van der Waals surface area (Å²) in [6, 6.07) is 9.11. The van der Waals surface area contributed by atoms with Crippen LogP contribution in [0.5, 0.6) is 5.75 Å². The summed E-state index contributed by atoms with van der Waals surface area (Å²) in [6.45, 7) is 1.92. The number of benzene rings is 2. The average molecular weight is 249 g/mol. The first-order chi connectivity index (χ1) is 8.11. The molecule has 0 aliphatic rings. The lowest BCUT2D eigenvalue weighted by Gasteiger charge is -2.12. The van der Waals surface area contributed by atoms with E-state index in [-0.39, 0.29) is 11.7 Å². The van der Waals surface area contributed by atoms with E-state index in [1.165, 1.54) is 0 Å². The van der Waals surface area contributed by atoms with Crippen molar-refractivity contribution in [1.82, 2.24) is 0 Å². The van der Waals surface area contributed by atoms with Crippen LogP contribution in [0.3, 0.4) is 0 Å². The molecule has 0 spiro atoms. The number of phenols is 1. The molecular formula is C14H13ClO2. The van der Waals surface area contributed by atoms with Crippen LogP contribution in [0.2, 0.25) is 5.02 Å². The monoisotopic (exact) mass is 248 g/mol. The van der Waals surface area contributed by atoms with Crippen molar-refractivity contribution in [1.29, 1.82) is 0 Å². The van der Waals surface area contributed by atoms with Gasteiger partial charge in [0.25, 0.3) is 0 Å². The van der Waals surface area contributed by atoms with Crippen molar-refractivity contribution in [3.05, 3.63) is 40.9 Å². The molecule has 3 heteroatoms. The van der Waals surface area contributed by atoms with Crippen LogP contribution in [-0.4, -0.2) is 11.4 Å². The predicted octanol–water partition coefficient (Wildman–Crippen LogP) is 3.89. The van der Waals surface area contributed by atoms with Gasteiger partial charge in [-0.25, -0.2) is 0 Å². The highest BCUT2D eigenvalue weighted by Gasteiger charge is 2.11. The molecule has 2 nitrogen and oxygen atoms in total. The predicted molar refractivity (Wildman–Crippen MR) is 69.7 cm³/mol. The zero-order valence-electron chi connectivity index (χ0n) is 9.48. The Bertz CT molecular complexity index is 563. The smallest absolute Gasteiger partial charge is 0.120 e. The maximum atomic E-state index is 10.5. The van der Waals surface area contributed by atoms with Gasteiger partial charge in [-0.05, 0) is 46.5 Å². The third-order valence-electron chi connectivity index (χ3n) is 2.93. The summed E-state index contributed by atoms with van der Waals surface area (Å²) in [4.78, 5) is 10.5. The fourth-order valence-electron chi connectivity index (χ4n) is 1.94. The van der Waals surface area contributed by atoms with Gasteiger partial charge in [0, 0.05) is 11.4 Å². The Balaban J connectivity index is 2.56. The fraction of sp³-hybridized carbons (Fsp3) is 0.214. The highest BCUT2D eigenvalue weighted by Crippen LogP contribution is 2.32. The summed E-state index contributed by atoms with van der Waals surface area (Å²) < 4.78 is 0. The van der Waals surface area contributed by atoms with Crippen LogP contribution in [-0.2, 0) is 4.79 Å². The number of aromatic hydroxyl groups is 1. The van der Waals surface area contributed by atoms with E-state index in [1.807, 2.05) is 25.1 Å². The van der Waals surface area contributed by atoms with Crippen molar-refractivity contribution in [3.63, 3.8) is 0 Å². The molecule has 88 valence electrons. The minimum atomic E-state index is 0.0101. The van der Waals surface area contributed by atoms with E-state index < -0.39 is 0 Å². The zero-order valence-corrected chi connectivity index (χ0v) is 10.2. The molecule has 2 rings (SSSR count). The fourth-order valence-corrected chi connectivity index (χ4v) is 2.12. The van der Waals surface area contributed by atoms with E-state index >= 15 is 0 Å². The number of phenolic OH excluding ortho intramolecular Hbond substituents is 1. The Morgan fingerprint density at radius 3 is 2.76 bits per heavy atom. The van der Waals surface area contributed by atoms with Gasteiger partial charge < -0.3 is 9.90 Å². The molecule has 2 aromatic rings. The van der Waals surface area contributed by atoms with Gasteiger partial charge in [0.2, 0.25) is 0 Å². The van der Waals surface area contributed by atoms with Crippen molar-refractivity contribution in [2.24, 2.45) is 0 Å². The quantitative estimate of drug-likeness (QED) is 0.837. The second kappa shape index (κ2) is 4.76. The number of halogens is 1. The number of aldehydes is 1. The Hall–Kier alpha value is -1.54. The van der Waals surface area contributed by atoms with Crippen LogP contribution in [0.25, 0.3) is 10.8 Å². The third-order valence-corrected chi connectivity index (χ3v) is 3.16. The number of hydrogen-bond acceptors (Lipinski definition) is 2. The lowest BCUT2D eigenvalue weighted by atomic mass is 9.94. The van der Waals surface area contributed by atoms with Crippen LogP contribution < -0.4 is 0 Å². The second-order valence-electron chi connectivity index (χ2n) is 4.21. The van der Waals surface area contributed by atoms with Gasteiger partial charge in [-0.1, -0.05) is 24.6 Å². The molecule has 0 radical (unpaired) electrons. The standard InChI is InChI=1S/C14H13ClO2/c1-9(4-5-16)13-7-11-6-12(15)3-2-10(11)8-14(13)17/h2-3,5-9,17H,4H2,1H3. The van der Waals surface area contributed by atoms with Crippen molar-refractivity contribution in [3.8, 4) is 5.75 Å². The Labute approximate surface area is 105 Å². The lowest BCUT2D eigenvalue weighted by Crippen LogP contribution is -1.95. The molecule has 0 fully saturated rings. The maximum absolute atomic E-state index is 10.5. The van der Waals surface area contributed by atoms with Gasteiger partial charge in [-0.15, -0.1) is 0 Å². The van der Waals surface area contributed by atoms with Crippen LogP contribution in [0.1, 0.15) is 24.8 Å². The molecule has 0 bridgehead atoms. The summed E-state index contributed by atoms with van der Waals surface area (Å²) in [5.41, 5.74) is 0.784. The van der Waals surface area contributed by atoms with Crippen LogP contribution in [0, 0.1) is 0 Å². The van der Waals surface area contributed by atoms with Crippen molar-refractivity contribution in [2.75, 3.05) is 0 Å². The minimum absolute atomic E-state index is 0.0101. The second-order valence-corrected chi connectivity index (χ2v) is 4.64. The number of hydrogen-bond donors (Lipinski definition) is 1. The summed E-state index contributed by atoms with van der Waals surface area (Å²) in [7, 11) is 0. The molecule has 1 atom stereocenters. The van der Waals surface area contributed by atoms with Gasteiger partial charge in [0.15, 0.2) is 0 Å². The molecule has 0 heterocycles. The summed E-state index contributed by atoms with van der Waals surface area (Å²) >= 11 is 5.93. The highest BCUT2D eigenvalue weighted by atomic mass is 35.5. The van der Waals surface area contributed by atoms with E-state index in [4.69, 9.17) is 11.6 Å². The lowest BCUT2D eigenvalue weighted by molar-refractivity contribution is -0.108. The first-order valence-corrected chi connectivity index (χ1v) is 5.85. The van der Waals surface area contributed by atoms with Gasteiger partial charge in [-0.3, -0.25) is 0 Å². The van der Waals surface area contributed by atoms with Crippen LogP contribution >= 0.6 is 11.6 Å². The van der Waals surface area contributed by atoms with Gasteiger partial charge >= 0.3 is 0 Å². The third kappa shape index (κ3) is 2.42. The molecule has 0 saturated carbocycles. The van der Waals surface area contributed by atoms with Crippen LogP contribution in [0.4, 0.5) is 0 Å². The summed E-state index contributed by atoms with van der Waals surface area (Å²) in [6.07, 6.45) is 1.27. The van der Waals surface area contributed by atoms with E-state index in [1.54, 1.807) is 12.1 Å². The van der Waals surface area contributed by atoms with Gasteiger partial charge in [-0.2, -0.15) is 0 Å². The molecule has 0 aromatic heterocycles. The molecule has 1 N–H and O–H groups in total. The first-order valence-electron chi connectivity index (χ1n) is 5.47. The SMILES string of the molecule is CC(CC=O)c1cc2cc(Cl)ccc2cc1O. The van der Waals surface area contributed by atoms with E-state index in [9.17, 15) is 9.90 Å². The van der Waals surface area contributed by atoms with E-state index in [0.717, 1.165) is 22.6 Å². The molecule has 0 saturated heterocycles. The van der Waals surface area contributed by atoms with Gasteiger partial charge in [0.1, 0.15) is 12.0 Å². The number of rotatable bonds is 3. The van der Waals surface area contributed by atoms with Crippen LogP contribution in [0.15, 0.2) is 30.3 Å². The van der Waals surface area contributed by atoms with E-state index in [0.29, 0.717) is 11.4 Å². The highest BCUT2D eigenvalue weighted by molar-refractivity contribution is 6.31. The van der Waals surface area contributed by atoms with Crippen molar-refractivity contribution < 1.29 is 9.90 Å². The van der Waals surface area contributed by atoms with E-state index in [2.05, 4.69) is 0 Å². The summed E-state index contributed by atoms with van der Waals surface area (Å²) in [5.74, 6) is 0.241. The Morgan fingerprint density at radius 1 is 1.29 bits per heavy atom. The zero-order chi connectivity index (χ0) is 12.4. The summed E-state index contributed by atoms with van der Waals surface area (Å²) in [5, 5.41) is 12.5. The molecule has 1 unspecified atom stereocenters. The Kier molecular flexibility index (Phi) is 3.34. The molecule has 0 amide bonds. The normalized spacial score (nSPS) is 12.6.